The molecule has 37 heavy (non-hydrogen) atoms. The van der Waals surface area contributed by atoms with Gasteiger partial charge in [-0.1, -0.05) is 42.5 Å². The SMILES string of the molecule is O=S(=O)(c1cccc(C(F)(F)F)c1)N1CCN(CCO[C@@H](c2ccccc2)c2ccc(F)c(F)c2)CC1. The van der Waals surface area contributed by atoms with Crippen molar-refractivity contribution in [3.63, 3.8) is 0 Å². The van der Waals surface area contributed by atoms with Gasteiger partial charge in [0.05, 0.1) is 17.1 Å². The molecule has 0 bridgehead atoms. The van der Waals surface area contributed by atoms with Crippen LogP contribution in [0.1, 0.15) is 22.8 Å². The molecule has 0 aromatic heterocycles. The molecule has 0 radical (unpaired) electrons. The van der Waals surface area contributed by atoms with Crippen molar-refractivity contribution in [2.75, 3.05) is 39.3 Å². The van der Waals surface area contributed by atoms with Crippen LogP contribution in [-0.2, 0) is 20.9 Å². The van der Waals surface area contributed by atoms with Crippen molar-refractivity contribution in [2.45, 2.75) is 17.2 Å². The first-order valence-corrected chi connectivity index (χ1v) is 13.0. The van der Waals surface area contributed by atoms with Gasteiger partial charge in [0.25, 0.3) is 0 Å². The van der Waals surface area contributed by atoms with Gasteiger partial charge in [-0.2, -0.15) is 17.5 Å². The van der Waals surface area contributed by atoms with E-state index in [2.05, 4.69) is 0 Å². The van der Waals surface area contributed by atoms with Crippen LogP contribution in [0.3, 0.4) is 0 Å². The van der Waals surface area contributed by atoms with Crippen LogP contribution in [0.5, 0.6) is 0 Å². The Kier molecular flexibility index (Phi) is 8.27. The Morgan fingerprint density at radius 1 is 0.811 bits per heavy atom. The van der Waals surface area contributed by atoms with E-state index in [0.717, 1.165) is 35.9 Å². The first kappa shape index (κ1) is 27.2. The zero-order chi connectivity index (χ0) is 26.6. The monoisotopic (exact) mass is 540 g/mol. The van der Waals surface area contributed by atoms with Gasteiger partial charge in [0.1, 0.15) is 6.10 Å². The fourth-order valence-electron chi connectivity index (χ4n) is 4.16. The molecule has 0 spiro atoms. The Morgan fingerprint density at radius 3 is 2.16 bits per heavy atom. The molecule has 1 aliphatic heterocycles. The molecule has 11 heteroatoms. The second kappa shape index (κ2) is 11.3. The van der Waals surface area contributed by atoms with Crippen LogP contribution in [0.2, 0.25) is 0 Å². The number of hydrogen-bond acceptors (Lipinski definition) is 4. The second-order valence-corrected chi connectivity index (χ2v) is 10.5. The van der Waals surface area contributed by atoms with E-state index in [1.165, 1.54) is 10.4 Å². The molecule has 1 fully saturated rings. The molecule has 1 heterocycles. The second-order valence-electron chi connectivity index (χ2n) is 8.61. The Balaban J connectivity index is 1.36. The third-order valence-corrected chi connectivity index (χ3v) is 8.07. The van der Waals surface area contributed by atoms with Crippen LogP contribution in [0.15, 0.2) is 77.7 Å². The van der Waals surface area contributed by atoms with Gasteiger partial charge in [-0.05, 0) is 41.5 Å². The van der Waals surface area contributed by atoms with E-state index < -0.39 is 44.4 Å². The number of hydrogen-bond donors (Lipinski definition) is 0. The molecule has 0 unspecified atom stereocenters. The van der Waals surface area contributed by atoms with Crippen molar-refractivity contribution in [3.8, 4) is 0 Å². The van der Waals surface area contributed by atoms with Crippen LogP contribution in [0.25, 0.3) is 0 Å². The van der Waals surface area contributed by atoms with Crippen LogP contribution in [0, 0.1) is 11.6 Å². The molecule has 0 N–H and O–H groups in total. The summed E-state index contributed by atoms with van der Waals surface area (Å²) in [5.74, 6) is -1.92. The summed E-state index contributed by atoms with van der Waals surface area (Å²) in [6.45, 7) is 1.64. The molecule has 0 aliphatic carbocycles. The smallest absolute Gasteiger partial charge is 0.367 e. The number of alkyl halides is 3. The number of sulfonamides is 1. The minimum Gasteiger partial charge on any atom is -0.367 e. The lowest BCUT2D eigenvalue weighted by Gasteiger charge is -2.34. The van der Waals surface area contributed by atoms with E-state index in [1.54, 1.807) is 0 Å². The molecule has 0 amide bonds. The van der Waals surface area contributed by atoms with Crippen LogP contribution < -0.4 is 0 Å². The maximum atomic E-state index is 13.9. The summed E-state index contributed by atoms with van der Waals surface area (Å²) < 4.78 is 99.4. The Bertz CT molecular complexity index is 1310. The van der Waals surface area contributed by atoms with Gasteiger partial charge in [-0.25, -0.2) is 17.2 Å². The summed E-state index contributed by atoms with van der Waals surface area (Å²) >= 11 is 0. The predicted octanol–water partition coefficient (Wildman–Crippen LogP) is 5.10. The first-order chi connectivity index (χ1) is 17.6. The molecule has 198 valence electrons. The standard InChI is InChI=1S/C26H25F5N2O3S/c27-23-10-9-20(17-24(23)28)25(19-5-2-1-3-6-19)36-16-15-32-11-13-33(14-12-32)37(34,35)22-8-4-7-21(18-22)26(29,30)31/h1-10,17-18,25H,11-16H2/t25-/m0/s1. The molecule has 5 nitrogen and oxygen atoms in total. The minimum atomic E-state index is -4.64. The predicted molar refractivity (Wildman–Crippen MR) is 127 cm³/mol. The normalized spacial score (nSPS) is 16.6. The summed E-state index contributed by atoms with van der Waals surface area (Å²) in [6.07, 6.45) is -5.26. The highest BCUT2D eigenvalue weighted by atomic mass is 32.2. The quantitative estimate of drug-likeness (QED) is 0.374. The maximum Gasteiger partial charge on any atom is 0.416 e. The van der Waals surface area contributed by atoms with Crippen molar-refractivity contribution in [1.82, 2.24) is 9.21 Å². The lowest BCUT2D eigenvalue weighted by atomic mass is 10.0. The largest absolute Gasteiger partial charge is 0.416 e. The number of halogens is 5. The van der Waals surface area contributed by atoms with Gasteiger partial charge in [0, 0.05) is 32.7 Å². The zero-order valence-corrected chi connectivity index (χ0v) is 20.5. The Labute approximate surface area is 212 Å². The van der Waals surface area contributed by atoms with Crippen LogP contribution in [0.4, 0.5) is 22.0 Å². The number of ether oxygens (including phenoxy) is 1. The topological polar surface area (TPSA) is 49.9 Å². The highest BCUT2D eigenvalue weighted by molar-refractivity contribution is 7.89. The molecular weight excluding hydrogens is 515 g/mol. The number of nitrogens with zero attached hydrogens (tertiary/aromatic N) is 2. The third kappa shape index (κ3) is 6.53. The van der Waals surface area contributed by atoms with Crippen molar-refractivity contribution >= 4 is 10.0 Å². The summed E-state index contributed by atoms with van der Waals surface area (Å²) in [5.41, 5.74) is 0.214. The lowest BCUT2D eigenvalue weighted by molar-refractivity contribution is -0.137. The third-order valence-electron chi connectivity index (χ3n) is 6.17. The van der Waals surface area contributed by atoms with E-state index >= 15 is 0 Å². The Morgan fingerprint density at radius 2 is 1.51 bits per heavy atom. The Hall–Kier alpha value is -2.86. The van der Waals surface area contributed by atoms with Crippen molar-refractivity contribution in [2.24, 2.45) is 0 Å². The fourth-order valence-corrected chi connectivity index (χ4v) is 5.63. The van der Waals surface area contributed by atoms with E-state index in [0.29, 0.717) is 31.3 Å². The van der Waals surface area contributed by atoms with E-state index in [1.807, 2.05) is 35.2 Å². The molecule has 1 atom stereocenters. The van der Waals surface area contributed by atoms with Crippen molar-refractivity contribution < 1.29 is 35.1 Å². The summed E-state index contributed by atoms with van der Waals surface area (Å²) in [6, 6.07) is 16.5. The van der Waals surface area contributed by atoms with Crippen LogP contribution >= 0.6 is 0 Å². The molecule has 4 rings (SSSR count). The number of piperazine rings is 1. The summed E-state index contributed by atoms with van der Waals surface area (Å²) in [7, 11) is -4.07. The number of rotatable bonds is 8. The molecular formula is C26H25F5N2O3S. The van der Waals surface area contributed by atoms with Gasteiger partial charge in [-0.15, -0.1) is 0 Å². The van der Waals surface area contributed by atoms with Gasteiger partial charge in [0.15, 0.2) is 11.6 Å². The average molecular weight is 541 g/mol. The molecule has 3 aromatic carbocycles. The summed E-state index contributed by atoms with van der Waals surface area (Å²) in [5, 5.41) is 0. The van der Waals surface area contributed by atoms with Gasteiger partial charge >= 0.3 is 6.18 Å². The molecule has 3 aromatic rings. The van der Waals surface area contributed by atoms with Gasteiger partial charge in [0.2, 0.25) is 10.0 Å². The molecule has 1 saturated heterocycles. The minimum absolute atomic E-state index is 0.115. The van der Waals surface area contributed by atoms with E-state index in [9.17, 15) is 30.4 Å². The van der Waals surface area contributed by atoms with Gasteiger partial charge in [-0.3, -0.25) is 4.90 Å². The highest BCUT2D eigenvalue weighted by Crippen LogP contribution is 2.31. The average Bonchev–Trinajstić information content (AvgIpc) is 2.89. The van der Waals surface area contributed by atoms with E-state index in [-0.39, 0.29) is 19.7 Å². The molecule has 0 saturated carbocycles. The zero-order valence-electron chi connectivity index (χ0n) is 19.7. The van der Waals surface area contributed by atoms with Gasteiger partial charge < -0.3 is 4.74 Å². The van der Waals surface area contributed by atoms with Crippen molar-refractivity contribution in [3.05, 3.63) is 101 Å². The summed E-state index contributed by atoms with van der Waals surface area (Å²) in [4.78, 5) is 1.59. The first-order valence-electron chi connectivity index (χ1n) is 11.6. The highest BCUT2D eigenvalue weighted by Gasteiger charge is 2.34. The fraction of sp³-hybridized carbons (Fsp3) is 0.308. The van der Waals surface area contributed by atoms with Crippen LogP contribution in [-0.4, -0.2) is 57.0 Å². The lowest BCUT2D eigenvalue weighted by Crippen LogP contribution is -2.49. The van der Waals surface area contributed by atoms with E-state index in [4.69, 9.17) is 4.74 Å². The molecule has 1 aliphatic rings. The number of benzene rings is 3. The maximum absolute atomic E-state index is 13.9. The van der Waals surface area contributed by atoms with Crippen molar-refractivity contribution in [1.29, 1.82) is 0 Å².